The molecular formula is C22H36N4O4S. The van der Waals surface area contributed by atoms with Crippen molar-refractivity contribution >= 4 is 21.7 Å². The van der Waals surface area contributed by atoms with Gasteiger partial charge in [-0.05, 0) is 59.1 Å². The molecule has 8 nitrogen and oxygen atoms in total. The van der Waals surface area contributed by atoms with E-state index in [1.807, 2.05) is 32.6 Å². The fraction of sp³-hybridized carbons (Fsp3) is 0.727. The van der Waals surface area contributed by atoms with E-state index in [0.29, 0.717) is 51.5 Å². The Morgan fingerprint density at radius 2 is 2.16 bits per heavy atom. The summed E-state index contributed by atoms with van der Waals surface area (Å²) in [6, 6.07) is 2.75. The number of sulfonamides is 1. The molecule has 174 valence electrons. The van der Waals surface area contributed by atoms with Crippen LogP contribution in [0.5, 0.6) is 0 Å². The number of anilines is 1. The topological polar surface area (TPSA) is 91.8 Å². The lowest BCUT2D eigenvalue weighted by Gasteiger charge is -2.31. The van der Waals surface area contributed by atoms with Gasteiger partial charge in [0.25, 0.3) is 0 Å². The van der Waals surface area contributed by atoms with Gasteiger partial charge in [0.15, 0.2) is 0 Å². The minimum atomic E-state index is -3.88. The number of hydrogen-bond acceptors (Lipinski definition) is 6. The lowest BCUT2D eigenvalue weighted by Crippen LogP contribution is -2.48. The molecule has 0 bridgehead atoms. The van der Waals surface area contributed by atoms with Crippen molar-refractivity contribution in [1.29, 1.82) is 0 Å². The standard InChI is InChI=1S/C22H36N4O4S/c1-6-25(16(2)3)20-19(10-9-17(4)24-20)31(28,29)26-12-7-8-18(26)21(27)23-14-22(5)11-13-30-15-22/h9-10,16,18H,6-8,11-15H2,1-5H3,(H,23,27)/t18-,22?/m0/s1. The van der Waals surface area contributed by atoms with E-state index in [9.17, 15) is 13.2 Å². The summed E-state index contributed by atoms with van der Waals surface area (Å²) in [7, 11) is -3.88. The molecule has 2 fully saturated rings. The van der Waals surface area contributed by atoms with E-state index in [4.69, 9.17) is 4.74 Å². The number of pyridine rings is 1. The second-order valence-corrected chi connectivity index (χ2v) is 11.1. The highest BCUT2D eigenvalue weighted by atomic mass is 32.2. The first-order chi connectivity index (χ1) is 14.6. The Hall–Kier alpha value is -1.71. The molecule has 0 radical (unpaired) electrons. The summed E-state index contributed by atoms with van der Waals surface area (Å²) >= 11 is 0. The van der Waals surface area contributed by atoms with Crippen LogP contribution in [0, 0.1) is 12.3 Å². The Bertz CT molecular complexity index is 897. The van der Waals surface area contributed by atoms with Gasteiger partial charge < -0.3 is 15.0 Å². The van der Waals surface area contributed by atoms with Gasteiger partial charge in [-0.3, -0.25) is 4.79 Å². The van der Waals surface area contributed by atoms with Crippen LogP contribution in [0.4, 0.5) is 5.82 Å². The highest BCUT2D eigenvalue weighted by Crippen LogP contribution is 2.33. The van der Waals surface area contributed by atoms with Crippen LogP contribution < -0.4 is 10.2 Å². The van der Waals surface area contributed by atoms with E-state index in [-0.39, 0.29) is 22.3 Å². The van der Waals surface area contributed by atoms with Crippen molar-refractivity contribution in [2.75, 3.05) is 37.7 Å². The number of aryl methyl sites for hydroxylation is 1. The Morgan fingerprint density at radius 1 is 1.42 bits per heavy atom. The number of ether oxygens (including phenoxy) is 1. The number of aromatic nitrogens is 1. The van der Waals surface area contributed by atoms with Gasteiger partial charge in [0, 0.05) is 43.4 Å². The molecule has 2 aliphatic heterocycles. The molecule has 2 aliphatic rings. The number of amides is 1. The van der Waals surface area contributed by atoms with Crippen LogP contribution in [0.1, 0.15) is 52.7 Å². The lowest BCUT2D eigenvalue weighted by molar-refractivity contribution is -0.124. The number of rotatable bonds is 8. The first-order valence-electron chi connectivity index (χ1n) is 11.2. The van der Waals surface area contributed by atoms with Gasteiger partial charge in [0.2, 0.25) is 15.9 Å². The van der Waals surface area contributed by atoms with Crippen LogP contribution in [-0.2, 0) is 19.6 Å². The van der Waals surface area contributed by atoms with Gasteiger partial charge in [-0.1, -0.05) is 6.92 Å². The first-order valence-corrected chi connectivity index (χ1v) is 12.6. The van der Waals surface area contributed by atoms with Crippen LogP contribution in [0.15, 0.2) is 17.0 Å². The zero-order chi connectivity index (χ0) is 22.8. The van der Waals surface area contributed by atoms with Crippen molar-refractivity contribution in [3.8, 4) is 0 Å². The van der Waals surface area contributed by atoms with Crippen molar-refractivity contribution in [2.24, 2.45) is 5.41 Å². The summed E-state index contributed by atoms with van der Waals surface area (Å²) in [5.74, 6) is 0.228. The molecule has 3 heterocycles. The smallest absolute Gasteiger partial charge is 0.247 e. The quantitative estimate of drug-likeness (QED) is 0.651. The van der Waals surface area contributed by atoms with Crippen molar-refractivity contribution in [3.05, 3.63) is 17.8 Å². The van der Waals surface area contributed by atoms with Crippen LogP contribution in [-0.4, -0.2) is 68.5 Å². The van der Waals surface area contributed by atoms with Gasteiger partial charge in [-0.25, -0.2) is 13.4 Å². The Morgan fingerprint density at radius 3 is 2.77 bits per heavy atom. The number of carbonyl (C=O) groups is 1. The highest BCUT2D eigenvalue weighted by molar-refractivity contribution is 7.89. The highest BCUT2D eigenvalue weighted by Gasteiger charge is 2.42. The maximum Gasteiger partial charge on any atom is 0.247 e. The molecule has 0 aromatic carbocycles. The summed E-state index contributed by atoms with van der Waals surface area (Å²) < 4.78 is 34.2. The van der Waals surface area contributed by atoms with E-state index in [1.54, 1.807) is 12.1 Å². The zero-order valence-electron chi connectivity index (χ0n) is 19.3. The van der Waals surface area contributed by atoms with Crippen molar-refractivity contribution in [1.82, 2.24) is 14.6 Å². The molecule has 1 aromatic heterocycles. The lowest BCUT2D eigenvalue weighted by atomic mass is 9.90. The molecule has 0 saturated carbocycles. The average Bonchev–Trinajstić information content (AvgIpc) is 3.36. The minimum Gasteiger partial charge on any atom is -0.381 e. The molecule has 9 heteroatoms. The fourth-order valence-electron chi connectivity index (χ4n) is 4.38. The maximum absolute atomic E-state index is 13.7. The maximum atomic E-state index is 13.7. The summed E-state index contributed by atoms with van der Waals surface area (Å²) in [6.45, 7) is 12.7. The molecule has 1 amide bonds. The van der Waals surface area contributed by atoms with Gasteiger partial charge >= 0.3 is 0 Å². The molecule has 0 aliphatic carbocycles. The minimum absolute atomic E-state index is 0.0924. The Kier molecular flexibility index (Phi) is 7.28. The van der Waals surface area contributed by atoms with Crippen LogP contribution in [0.3, 0.4) is 0 Å². The Labute approximate surface area is 186 Å². The predicted octanol–water partition coefficient (Wildman–Crippen LogP) is 2.32. The van der Waals surface area contributed by atoms with E-state index in [2.05, 4.69) is 17.2 Å². The number of carbonyl (C=O) groups excluding carboxylic acids is 1. The summed E-state index contributed by atoms with van der Waals surface area (Å²) in [6.07, 6.45) is 2.07. The second kappa shape index (κ2) is 9.42. The molecule has 3 rings (SSSR count). The number of nitrogens with zero attached hydrogens (tertiary/aromatic N) is 3. The third-order valence-electron chi connectivity index (χ3n) is 6.30. The van der Waals surface area contributed by atoms with Gasteiger partial charge in [-0.2, -0.15) is 4.31 Å². The van der Waals surface area contributed by atoms with Gasteiger partial charge in [0.1, 0.15) is 16.8 Å². The molecule has 2 atom stereocenters. The zero-order valence-corrected chi connectivity index (χ0v) is 20.2. The predicted molar refractivity (Wildman–Crippen MR) is 121 cm³/mol. The van der Waals surface area contributed by atoms with Crippen LogP contribution in [0.2, 0.25) is 0 Å². The molecule has 1 N–H and O–H groups in total. The van der Waals surface area contributed by atoms with Crippen molar-refractivity contribution < 1.29 is 17.9 Å². The third-order valence-corrected chi connectivity index (χ3v) is 8.23. The van der Waals surface area contributed by atoms with E-state index in [1.165, 1.54) is 4.31 Å². The van der Waals surface area contributed by atoms with E-state index >= 15 is 0 Å². The summed E-state index contributed by atoms with van der Waals surface area (Å²) in [5, 5.41) is 2.99. The number of nitrogens with one attached hydrogen (secondary N) is 1. The number of hydrogen-bond donors (Lipinski definition) is 1. The van der Waals surface area contributed by atoms with Crippen LogP contribution in [0.25, 0.3) is 0 Å². The van der Waals surface area contributed by atoms with E-state index in [0.717, 1.165) is 12.1 Å². The molecule has 1 unspecified atom stereocenters. The summed E-state index contributed by atoms with van der Waals surface area (Å²) in [5.41, 5.74) is 0.668. The van der Waals surface area contributed by atoms with E-state index < -0.39 is 16.1 Å². The fourth-order valence-corrected chi connectivity index (χ4v) is 6.17. The molecular weight excluding hydrogens is 416 g/mol. The van der Waals surface area contributed by atoms with Crippen molar-refractivity contribution in [3.63, 3.8) is 0 Å². The monoisotopic (exact) mass is 452 g/mol. The van der Waals surface area contributed by atoms with Crippen LogP contribution >= 0.6 is 0 Å². The average molecular weight is 453 g/mol. The second-order valence-electron chi connectivity index (χ2n) is 9.26. The van der Waals surface area contributed by atoms with Gasteiger partial charge in [-0.15, -0.1) is 0 Å². The van der Waals surface area contributed by atoms with Gasteiger partial charge in [0.05, 0.1) is 6.61 Å². The SMILES string of the molecule is CCN(c1nc(C)ccc1S(=O)(=O)N1CCC[C@H]1C(=O)NCC1(C)CCOC1)C(C)C. The molecule has 2 saturated heterocycles. The molecule has 1 aromatic rings. The summed E-state index contributed by atoms with van der Waals surface area (Å²) in [4.78, 5) is 19.7. The third kappa shape index (κ3) is 5.04. The Balaban J connectivity index is 1.86. The first kappa shape index (κ1) is 23.9. The normalized spacial score (nSPS) is 24.6. The largest absolute Gasteiger partial charge is 0.381 e. The molecule has 0 spiro atoms. The molecule has 31 heavy (non-hydrogen) atoms. The van der Waals surface area contributed by atoms with Crippen molar-refractivity contribution in [2.45, 2.75) is 70.9 Å².